The van der Waals surface area contributed by atoms with Crippen LogP contribution in [0.1, 0.15) is 5.56 Å². The van der Waals surface area contributed by atoms with E-state index in [9.17, 15) is 9.18 Å². The first kappa shape index (κ1) is 15.9. The molecule has 1 aromatic carbocycles. The number of hydrogen-bond acceptors (Lipinski definition) is 3. The maximum Gasteiger partial charge on any atom is 0.322 e. The van der Waals surface area contributed by atoms with Crippen molar-refractivity contribution in [3.63, 3.8) is 0 Å². The van der Waals surface area contributed by atoms with E-state index >= 15 is 0 Å². The van der Waals surface area contributed by atoms with E-state index in [1.807, 2.05) is 12.1 Å². The molecule has 5 nitrogen and oxygen atoms in total. The highest BCUT2D eigenvalue weighted by Gasteiger charge is 2.14. The summed E-state index contributed by atoms with van der Waals surface area (Å²) in [5.74, 6) is -0.342. The standard InChI is InChI=1S/C16H18FN3O2/c1-22-11-10-20(12-13-6-8-18-9-7-13)16(21)19-15-4-2-14(17)3-5-15/h2-9H,10-12H2,1H3,(H,19,21). The Hall–Kier alpha value is -2.47. The van der Waals surface area contributed by atoms with Gasteiger partial charge in [-0.15, -0.1) is 0 Å². The maximum atomic E-state index is 12.9. The fourth-order valence-electron chi connectivity index (χ4n) is 1.90. The van der Waals surface area contributed by atoms with E-state index in [0.29, 0.717) is 25.4 Å². The van der Waals surface area contributed by atoms with Crippen LogP contribution in [0.15, 0.2) is 48.8 Å². The molecule has 1 heterocycles. The number of benzene rings is 1. The van der Waals surface area contributed by atoms with Crippen LogP contribution < -0.4 is 5.32 Å². The van der Waals surface area contributed by atoms with Gasteiger partial charge in [0, 0.05) is 38.3 Å². The van der Waals surface area contributed by atoms with Gasteiger partial charge in [0.2, 0.25) is 0 Å². The molecule has 0 radical (unpaired) electrons. The lowest BCUT2D eigenvalue weighted by Gasteiger charge is -2.23. The second-order valence-electron chi connectivity index (χ2n) is 4.71. The Kier molecular flexibility index (Phi) is 5.85. The van der Waals surface area contributed by atoms with Crippen LogP contribution in [0, 0.1) is 5.82 Å². The molecule has 0 bridgehead atoms. The molecule has 2 amide bonds. The lowest BCUT2D eigenvalue weighted by molar-refractivity contribution is 0.153. The van der Waals surface area contributed by atoms with Gasteiger partial charge in [0.25, 0.3) is 0 Å². The van der Waals surface area contributed by atoms with E-state index in [1.54, 1.807) is 24.4 Å². The molecular formula is C16H18FN3O2. The first-order valence-corrected chi connectivity index (χ1v) is 6.88. The van der Waals surface area contributed by atoms with Gasteiger partial charge in [-0.05, 0) is 42.0 Å². The van der Waals surface area contributed by atoms with Crippen molar-refractivity contribution in [2.75, 3.05) is 25.6 Å². The van der Waals surface area contributed by atoms with Crippen molar-refractivity contribution in [3.05, 3.63) is 60.2 Å². The SMILES string of the molecule is COCCN(Cc1ccncc1)C(=O)Nc1ccc(F)cc1. The number of carbonyl (C=O) groups excluding carboxylic acids is 1. The Bertz CT molecular complexity index is 590. The van der Waals surface area contributed by atoms with Crippen LogP contribution in [-0.4, -0.2) is 36.2 Å². The number of ether oxygens (including phenoxy) is 1. The van der Waals surface area contributed by atoms with Crippen molar-refractivity contribution in [1.82, 2.24) is 9.88 Å². The zero-order chi connectivity index (χ0) is 15.8. The third-order valence-corrected chi connectivity index (χ3v) is 3.07. The number of rotatable bonds is 6. The Balaban J connectivity index is 2.03. The molecule has 6 heteroatoms. The van der Waals surface area contributed by atoms with Crippen LogP contribution in [0.3, 0.4) is 0 Å². The minimum atomic E-state index is -0.342. The van der Waals surface area contributed by atoms with Gasteiger partial charge in [-0.1, -0.05) is 0 Å². The van der Waals surface area contributed by atoms with Crippen LogP contribution in [0.2, 0.25) is 0 Å². The van der Waals surface area contributed by atoms with Gasteiger partial charge in [-0.3, -0.25) is 4.98 Å². The summed E-state index contributed by atoms with van der Waals surface area (Å²) in [7, 11) is 1.59. The molecule has 2 rings (SSSR count). The zero-order valence-corrected chi connectivity index (χ0v) is 12.3. The van der Waals surface area contributed by atoms with Gasteiger partial charge >= 0.3 is 6.03 Å². The number of amides is 2. The van der Waals surface area contributed by atoms with Gasteiger partial charge in [-0.25, -0.2) is 9.18 Å². The lowest BCUT2D eigenvalue weighted by atomic mass is 10.2. The quantitative estimate of drug-likeness (QED) is 0.892. The minimum absolute atomic E-state index is 0.263. The summed E-state index contributed by atoms with van der Waals surface area (Å²) < 4.78 is 17.9. The molecule has 0 spiro atoms. The number of methoxy groups -OCH3 is 1. The summed E-state index contributed by atoms with van der Waals surface area (Å²) in [6.07, 6.45) is 3.36. The third-order valence-electron chi connectivity index (χ3n) is 3.07. The molecule has 0 fully saturated rings. The van der Waals surface area contributed by atoms with Gasteiger partial charge < -0.3 is 15.0 Å². The first-order chi connectivity index (χ1) is 10.7. The summed E-state index contributed by atoms with van der Waals surface area (Å²) in [6.45, 7) is 1.33. The molecular weight excluding hydrogens is 285 g/mol. The molecule has 116 valence electrons. The Morgan fingerprint density at radius 1 is 1.23 bits per heavy atom. The molecule has 2 aromatic rings. The van der Waals surface area contributed by atoms with E-state index in [0.717, 1.165) is 5.56 Å². The molecule has 0 unspecified atom stereocenters. The zero-order valence-electron chi connectivity index (χ0n) is 12.3. The van der Waals surface area contributed by atoms with Gasteiger partial charge in [0.15, 0.2) is 0 Å². The highest BCUT2D eigenvalue weighted by atomic mass is 19.1. The summed E-state index contributed by atoms with van der Waals surface area (Å²) in [5.41, 5.74) is 1.52. The van der Waals surface area contributed by atoms with Gasteiger partial charge in [0.05, 0.1) is 6.61 Å². The number of aromatic nitrogens is 1. The van der Waals surface area contributed by atoms with Crippen molar-refractivity contribution in [2.24, 2.45) is 0 Å². The Morgan fingerprint density at radius 2 is 1.91 bits per heavy atom. The number of nitrogens with one attached hydrogen (secondary N) is 1. The molecule has 0 saturated heterocycles. The predicted octanol–water partition coefficient (Wildman–Crippen LogP) is 2.90. The normalized spacial score (nSPS) is 10.3. The number of carbonyl (C=O) groups is 1. The Morgan fingerprint density at radius 3 is 2.55 bits per heavy atom. The van der Waals surface area contributed by atoms with Crippen molar-refractivity contribution >= 4 is 11.7 Å². The molecule has 0 atom stereocenters. The smallest absolute Gasteiger partial charge is 0.322 e. The number of urea groups is 1. The first-order valence-electron chi connectivity index (χ1n) is 6.88. The highest BCUT2D eigenvalue weighted by molar-refractivity contribution is 5.89. The molecule has 1 aromatic heterocycles. The number of hydrogen-bond donors (Lipinski definition) is 1. The average molecular weight is 303 g/mol. The summed E-state index contributed by atoms with van der Waals surface area (Å²) >= 11 is 0. The van der Waals surface area contributed by atoms with Gasteiger partial charge in [-0.2, -0.15) is 0 Å². The number of halogens is 1. The van der Waals surface area contributed by atoms with Crippen LogP contribution in [-0.2, 0) is 11.3 Å². The molecule has 0 aliphatic carbocycles. The van der Waals surface area contributed by atoms with Crippen molar-refractivity contribution in [3.8, 4) is 0 Å². The van der Waals surface area contributed by atoms with E-state index in [1.165, 1.54) is 24.3 Å². The molecule has 0 aliphatic heterocycles. The van der Waals surface area contributed by atoms with Crippen LogP contribution in [0.25, 0.3) is 0 Å². The van der Waals surface area contributed by atoms with Gasteiger partial charge in [0.1, 0.15) is 5.82 Å². The van der Waals surface area contributed by atoms with Crippen LogP contribution in [0.5, 0.6) is 0 Å². The largest absolute Gasteiger partial charge is 0.383 e. The topological polar surface area (TPSA) is 54.5 Å². The fourth-order valence-corrected chi connectivity index (χ4v) is 1.90. The van der Waals surface area contributed by atoms with Crippen LogP contribution in [0.4, 0.5) is 14.9 Å². The third kappa shape index (κ3) is 4.82. The average Bonchev–Trinajstić information content (AvgIpc) is 2.54. The summed E-state index contributed by atoms with van der Waals surface area (Å²) in [4.78, 5) is 17.9. The predicted molar refractivity (Wildman–Crippen MR) is 81.9 cm³/mol. The second-order valence-corrected chi connectivity index (χ2v) is 4.71. The van der Waals surface area contributed by atoms with Crippen LogP contribution >= 0.6 is 0 Å². The van der Waals surface area contributed by atoms with Crippen molar-refractivity contribution in [1.29, 1.82) is 0 Å². The van der Waals surface area contributed by atoms with E-state index in [4.69, 9.17) is 4.74 Å². The monoisotopic (exact) mass is 303 g/mol. The number of pyridine rings is 1. The number of nitrogens with zero attached hydrogens (tertiary/aromatic N) is 2. The fraction of sp³-hybridized carbons (Fsp3) is 0.250. The van der Waals surface area contributed by atoms with Crippen molar-refractivity contribution in [2.45, 2.75) is 6.54 Å². The van der Waals surface area contributed by atoms with Crippen molar-refractivity contribution < 1.29 is 13.9 Å². The second kappa shape index (κ2) is 8.09. The molecule has 0 saturated carbocycles. The van der Waals surface area contributed by atoms with E-state index in [2.05, 4.69) is 10.3 Å². The number of anilines is 1. The summed E-state index contributed by atoms with van der Waals surface area (Å²) in [6, 6.07) is 9.09. The lowest BCUT2D eigenvalue weighted by Crippen LogP contribution is -2.36. The molecule has 1 N–H and O–H groups in total. The minimum Gasteiger partial charge on any atom is -0.383 e. The Labute approximate surface area is 128 Å². The molecule has 22 heavy (non-hydrogen) atoms. The summed E-state index contributed by atoms with van der Waals surface area (Å²) in [5, 5.41) is 2.75. The molecule has 0 aliphatic rings. The highest BCUT2D eigenvalue weighted by Crippen LogP contribution is 2.11. The van der Waals surface area contributed by atoms with E-state index < -0.39 is 0 Å². The van der Waals surface area contributed by atoms with E-state index in [-0.39, 0.29) is 11.8 Å². The maximum absolute atomic E-state index is 12.9.